The van der Waals surface area contributed by atoms with Gasteiger partial charge in [-0.25, -0.2) is 4.79 Å². The fourth-order valence-corrected chi connectivity index (χ4v) is 3.67. The van der Waals surface area contributed by atoms with E-state index in [2.05, 4.69) is 6.92 Å². The fraction of sp³-hybridized carbons (Fsp3) is 0.471. The lowest BCUT2D eigenvalue weighted by molar-refractivity contribution is -0.150. The van der Waals surface area contributed by atoms with Crippen molar-refractivity contribution in [3.05, 3.63) is 47.2 Å². The molecule has 1 aromatic rings. The Labute approximate surface area is 129 Å². The number of alkyl halides is 1. The van der Waals surface area contributed by atoms with E-state index >= 15 is 0 Å². The number of carbonyl (C=O) groups excluding carboxylic acids is 1. The van der Waals surface area contributed by atoms with Gasteiger partial charge in [0.15, 0.2) is 4.87 Å². The molecule has 0 saturated carbocycles. The maximum absolute atomic E-state index is 12.6. The van der Waals surface area contributed by atoms with E-state index in [4.69, 9.17) is 21.1 Å². The maximum Gasteiger partial charge on any atom is 0.339 e. The first-order valence-electron chi connectivity index (χ1n) is 7.28. The van der Waals surface area contributed by atoms with E-state index in [0.29, 0.717) is 11.5 Å². The average Bonchev–Trinajstić information content (AvgIpc) is 2.50. The van der Waals surface area contributed by atoms with Crippen LogP contribution in [0.4, 0.5) is 0 Å². The third-order valence-corrected chi connectivity index (χ3v) is 4.98. The Kier molecular flexibility index (Phi) is 3.80. The lowest BCUT2D eigenvalue weighted by atomic mass is 9.78. The SMILES string of the molecule is COC1C2=C(CCC(C)C2)OC(=O)C1(Cl)c1ccccc1. The molecule has 1 aliphatic carbocycles. The molecular weight excluding hydrogens is 288 g/mol. The highest BCUT2D eigenvalue weighted by Gasteiger charge is 2.54. The van der Waals surface area contributed by atoms with Crippen molar-refractivity contribution in [2.75, 3.05) is 7.11 Å². The van der Waals surface area contributed by atoms with Crippen LogP contribution in [0.15, 0.2) is 41.7 Å². The third-order valence-electron chi connectivity index (χ3n) is 4.41. The first-order valence-corrected chi connectivity index (χ1v) is 7.66. The number of allylic oxidation sites excluding steroid dienone is 1. The Morgan fingerprint density at radius 3 is 2.71 bits per heavy atom. The van der Waals surface area contributed by atoms with Crippen LogP contribution < -0.4 is 0 Å². The molecule has 4 heteroatoms. The Bertz CT molecular complexity index is 581. The highest BCUT2D eigenvalue weighted by Crippen LogP contribution is 2.47. The molecule has 0 radical (unpaired) electrons. The molecule has 3 nitrogen and oxygen atoms in total. The van der Waals surface area contributed by atoms with E-state index in [9.17, 15) is 4.79 Å². The van der Waals surface area contributed by atoms with E-state index in [1.165, 1.54) is 0 Å². The summed E-state index contributed by atoms with van der Waals surface area (Å²) < 4.78 is 11.2. The van der Waals surface area contributed by atoms with Gasteiger partial charge in [-0.05, 0) is 29.9 Å². The van der Waals surface area contributed by atoms with Gasteiger partial charge in [-0.1, -0.05) is 48.9 Å². The molecule has 0 bridgehead atoms. The van der Waals surface area contributed by atoms with Gasteiger partial charge in [0, 0.05) is 13.5 Å². The smallest absolute Gasteiger partial charge is 0.339 e. The molecule has 0 aromatic heterocycles. The Morgan fingerprint density at radius 2 is 2.05 bits per heavy atom. The molecule has 3 atom stereocenters. The predicted molar refractivity (Wildman–Crippen MR) is 80.9 cm³/mol. The largest absolute Gasteiger partial charge is 0.429 e. The molecule has 0 spiro atoms. The van der Waals surface area contributed by atoms with Gasteiger partial charge in [-0.15, -0.1) is 0 Å². The van der Waals surface area contributed by atoms with Crippen LogP contribution in [-0.2, 0) is 19.1 Å². The van der Waals surface area contributed by atoms with Crippen molar-refractivity contribution in [3.63, 3.8) is 0 Å². The summed E-state index contributed by atoms with van der Waals surface area (Å²) in [6.45, 7) is 2.20. The van der Waals surface area contributed by atoms with E-state index < -0.39 is 16.9 Å². The molecule has 2 aliphatic rings. The zero-order valence-electron chi connectivity index (χ0n) is 12.3. The van der Waals surface area contributed by atoms with Gasteiger partial charge in [-0.3, -0.25) is 0 Å². The summed E-state index contributed by atoms with van der Waals surface area (Å²) in [6, 6.07) is 9.32. The molecule has 1 aromatic carbocycles. The van der Waals surface area contributed by atoms with Gasteiger partial charge in [-0.2, -0.15) is 0 Å². The molecule has 0 amide bonds. The summed E-state index contributed by atoms with van der Waals surface area (Å²) in [5.74, 6) is 0.877. The van der Waals surface area contributed by atoms with E-state index in [1.54, 1.807) is 7.11 Å². The van der Waals surface area contributed by atoms with Crippen LogP contribution >= 0.6 is 11.6 Å². The highest BCUT2D eigenvalue weighted by atomic mass is 35.5. The number of rotatable bonds is 2. The molecule has 0 saturated heterocycles. The van der Waals surface area contributed by atoms with Crippen molar-refractivity contribution in [1.82, 2.24) is 0 Å². The van der Waals surface area contributed by atoms with Crippen molar-refractivity contribution in [2.45, 2.75) is 37.2 Å². The minimum atomic E-state index is -1.30. The molecule has 1 aliphatic heterocycles. The van der Waals surface area contributed by atoms with Crippen molar-refractivity contribution in [1.29, 1.82) is 0 Å². The second-order valence-electron chi connectivity index (χ2n) is 5.88. The van der Waals surface area contributed by atoms with E-state index in [1.807, 2.05) is 30.3 Å². The zero-order valence-corrected chi connectivity index (χ0v) is 13.0. The molecule has 3 rings (SSSR count). The number of carbonyl (C=O) groups is 1. The summed E-state index contributed by atoms with van der Waals surface area (Å²) in [5, 5.41) is 0. The molecule has 112 valence electrons. The summed E-state index contributed by atoms with van der Waals surface area (Å²) >= 11 is 6.75. The molecular formula is C17H19ClO3. The van der Waals surface area contributed by atoms with Crippen LogP contribution in [0.3, 0.4) is 0 Å². The lowest BCUT2D eigenvalue weighted by Crippen LogP contribution is -2.49. The number of esters is 1. The van der Waals surface area contributed by atoms with E-state index in [-0.39, 0.29) is 0 Å². The molecule has 1 heterocycles. The minimum absolute atomic E-state index is 0.435. The normalized spacial score (nSPS) is 32.6. The number of methoxy groups -OCH3 is 1. The van der Waals surface area contributed by atoms with Crippen LogP contribution in [0, 0.1) is 5.92 Å². The van der Waals surface area contributed by atoms with Gasteiger partial charge in [0.05, 0.1) is 0 Å². The number of ether oxygens (including phenoxy) is 2. The Balaban J connectivity index is 2.09. The quantitative estimate of drug-likeness (QED) is 0.616. The number of hydrogen-bond donors (Lipinski definition) is 0. The number of hydrogen-bond acceptors (Lipinski definition) is 3. The lowest BCUT2D eigenvalue weighted by Gasteiger charge is -2.41. The number of halogens is 1. The maximum atomic E-state index is 12.6. The standard InChI is InChI=1S/C17H19ClO3/c1-11-8-9-14-13(10-11)15(20-2)17(18,16(19)21-14)12-6-4-3-5-7-12/h3-7,11,15H,8-10H2,1-2H3. The minimum Gasteiger partial charge on any atom is -0.429 e. The Hall–Kier alpha value is -1.32. The first kappa shape index (κ1) is 14.6. The molecule has 0 N–H and O–H groups in total. The highest BCUT2D eigenvalue weighted by molar-refractivity contribution is 6.35. The van der Waals surface area contributed by atoms with Crippen LogP contribution in [0.1, 0.15) is 31.7 Å². The summed E-state index contributed by atoms with van der Waals surface area (Å²) in [7, 11) is 1.60. The van der Waals surface area contributed by atoms with E-state index in [0.717, 1.165) is 30.6 Å². The van der Waals surface area contributed by atoms with Crippen LogP contribution in [-0.4, -0.2) is 19.2 Å². The van der Waals surface area contributed by atoms with Crippen molar-refractivity contribution < 1.29 is 14.3 Å². The predicted octanol–water partition coefficient (Wildman–Crippen LogP) is 3.77. The monoisotopic (exact) mass is 306 g/mol. The van der Waals surface area contributed by atoms with Gasteiger partial charge >= 0.3 is 5.97 Å². The van der Waals surface area contributed by atoms with Crippen molar-refractivity contribution >= 4 is 17.6 Å². The summed E-state index contributed by atoms with van der Waals surface area (Å²) in [5.41, 5.74) is 1.75. The van der Waals surface area contributed by atoms with Gasteiger partial charge in [0.25, 0.3) is 0 Å². The van der Waals surface area contributed by atoms with Gasteiger partial charge in [0.1, 0.15) is 11.9 Å². The third kappa shape index (κ3) is 2.29. The zero-order chi connectivity index (χ0) is 15.0. The Morgan fingerprint density at radius 1 is 1.33 bits per heavy atom. The molecule has 21 heavy (non-hydrogen) atoms. The molecule has 0 fully saturated rings. The van der Waals surface area contributed by atoms with Crippen LogP contribution in [0.25, 0.3) is 0 Å². The summed E-state index contributed by atoms with van der Waals surface area (Å²) in [4.78, 5) is 11.3. The second-order valence-corrected chi connectivity index (χ2v) is 6.48. The van der Waals surface area contributed by atoms with Crippen molar-refractivity contribution in [2.24, 2.45) is 5.92 Å². The summed E-state index contributed by atoms with van der Waals surface area (Å²) in [6.07, 6.45) is 2.20. The first-order chi connectivity index (χ1) is 10.1. The topological polar surface area (TPSA) is 35.5 Å². The van der Waals surface area contributed by atoms with Crippen LogP contribution in [0.2, 0.25) is 0 Å². The van der Waals surface area contributed by atoms with Crippen molar-refractivity contribution in [3.8, 4) is 0 Å². The van der Waals surface area contributed by atoms with Gasteiger partial charge < -0.3 is 9.47 Å². The average molecular weight is 307 g/mol. The second kappa shape index (κ2) is 5.47. The van der Waals surface area contributed by atoms with Crippen LogP contribution in [0.5, 0.6) is 0 Å². The van der Waals surface area contributed by atoms with Gasteiger partial charge in [0.2, 0.25) is 0 Å². The fourth-order valence-electron chi connectivity index (χ4n) is 3.29. The molecule has 3 unspecified atom stereocenters. The number of benzene rings is 1.